The Kier molecular flexibility index (Phi) is 13.4. The number of ether oxygens (including phenoxy) is 6. The molecular formula is C51H66O9. The molecule has 4 aliphatic heterocycles. The zero-order valence-electron chi connectivity index (χ0n) is 37.1. The summed E-state index contributed by atoms with van der Waals surface area (Å²) in [4.78, 5) is 26.3. The third-order valence-electron chi connectivity index (χ3n) is 12.8. The van der Waals surface area contributed by atoms with Crippen molar-refractivity contribution in [3.05, 3.63) is 105 Å². The van der Waals surface area contributed by atoms with Crippen molar-refractivity contribution in [1.29, 1.82) is 0 Å². The molecule has 2 aromatic carbocycles. The van der Waals surface area contributed by atoms with E-state index >= 15 is 0 Å². The van der Waals surface area contributed by atoms with Crippen LogP contribution in [0.1, 0.15) is 140 Å². The number of hydrogen-bond donors (Lipinski definition) is 1. The van der Waals surface area contributed by atoms with Crippen LogP contribution >= 0.6 is 0 Å². The van der Waals surface area contributed by atoms with Gasteiger partial charge in [-0.1, -0.05) is 90.9 Å². The average Bonchev–Trinajstić information content (AvgIpc) is 3.94. The van der Waals surface area contributed by atoms with Gasteiger partial charge in [-0.2, -0.15) is 0 Å². The Morgan fingerprint density at radius 3 is 1.52 bits per heavy atom. The third kappa shape index (κ3) is 10.2. The van der Waals surface area contributed by atoms with E-state index in [1.165, 1.54) is 0 Å². The Balaban J connectivity index is 0.000000181. The van der Waals surface area contributed by atoms with E-state index in [9.17, 15) is 14.7 Å². The molecule has 2 aliphatic carbocycles. The van der Waals surface area contributed by atoms with Gasteiger partial charge in [0.25, 0.3) is 0 Å². The minimum absolute atomic E-state index is 0.00459. The van der Waals surface area contributed by atoms with Crippen molar-refractivity contribution in [1.82, 2.24) is 0 Å². The Labute approximate surface area is 357 Å². The highest BCUT2D eigenvalue weighted by atomic mass is 16.8. The number of carbonyl (C=O) groups excluding carboxylic acids is 2. The lowest BCUT2D eigenvalue weighted by atomic mass is 9.93. The number of fused-ring (bicyclic) bond motifs is 6. The second kappa shape index (κ2) is 18.2. The standard InChI is InChI=1S/C26H34O4.C25H32O5/c1-16-14-18(3)23-20(15-16)9-7-11-22-24(30-26(4,5)29-22)17(2)12-13-19-8-6-10-21(19)28-25(23)27;1-15-13-16(2)22-18(14-15)8-6-10-21-23(30-25(3,4)29-21)19(26)12-11-17-7-5-9-20(17)28-24(22)27/h7,9,12-15,17,19,21-22,24H,6,8,10-11H2,1-5H3;6,8,11-14,17,19-21,23,26H,5,7,9-10H2,1-4H3/b9-7+,13-12-;8-6+,12-11-/t17?,19-,21-,22-,24+;17-,19?,20-,21-,23+/m00/s1. The second-order valence-electron chi connectivity index (χ2n) is 18.8. The maximum atomic E-state index is 13.2. The molecule has 9 nitrogen and oxygen atoms in total. The Morgan fingerprint density at radius 2 is 1.02 bits per heavy atom. The van der Waals surface area contributed by atoms with Gasteiger partial charge >= 0.3 is 11.9 Å². The van der Waals surface area contributed by atoms with Crippen molar-refractivity contribution >= 4 is 24.1 Å². The molecule has 324 valence electrons. The fraction of sp³-hybridized carbons (Fsp3) is 0.569. The Morgan fingerprint density at radius 1 is 0.567 bits per heavy atom. The van der Waals surface area contributed by atoms with Crippen molar-refractivity contribution in [2.24, 2.45) is 17.8 Å². The first-order chi connectivity index (χ1) is 28.5. The van der Waals surface area contributed by atoms with Gasteiger partial charge in [-0.3, -0.25) is 0 Å². The molecule has 4 heterocycles. The quantitative estimate of drug-likeness (QED) is 0.205. The topological polar surface area (TPSA) is 110 Å². The first-order valence-corrected chi connectivity index (χ1v) is 22.2. The van der Waals surface area contributed by atoms with E-state index in [0.29, 0.717) is 17.5 Å². The summed E-state index contributed by atoms with van der Waals surface area (Å²) in [6, 6.07) is 8.15. The van der Waals surface area contributed by atoms with Gasteiger partial charge < -0.3 is 33.5 Å². The highest BCUT2D eigenvalue weighted by Crippen LogP contribution is 2.38. The monoisotopic (exact) mass is 822 g/mol. The van der Waals surface area contributed by atoms with E-state index in [1.807, 2.05) is 84.9 Å². The molecule has 4 fully saturated rings. The van der Waals surface area contributed by atoms with Crippen molar-refractivity contribution < 1.29 is 43.1 Å². The molecule has 2 saturated carbocycles. The predicted molar refractivity (Wildman–Crippen MR) is 233 cm³/mol. The van der Waals surface area contributed by atoms with Gasteiger partial charge in [-0.15, -0.1) is 0 Å². The number of aliphatic hydroxyl groups excluding tert-OH is 1. The number of carbonyl (C=O) groups is 2. The third-order valence-corrected chi connectivity index (χ3v) is 12.8. The minimum Gasteiger partial charge on any atom is -0.458 e. The van der Waals surface area contributed by atoms with Gasteiger partial charge in [0.05, 0.1) is 29.4 Å². The molecule has 6 aliphatic rings. The van der Waals surface area contributed by atoms with Crippen molar-refractivity contribution in [2.45, 2.75) is 168 Å². The van der Waals surface area contributed by atoms with Crippen LogP contribution in [-0.2, 0) is 28.4 Å². The van der Waals surface area contributed by atoms with Crippen LogP contribution in [0.15, 0.2) is 60.7 Å². The van der Waals surface area contributed by atoms with E-state index < -0.39 is 23.8 Å². The van der Waals surface area contributed by atoms with Crippen LogP contribution in [0.4, 0.5) is 0 Å². The molecule has 60 heavy (non-hydrogen) atoms. The molecule has 9 heteroatoms. The van der Waals surface area contributed by atoms with Crippen molar-refractivity contribution in [3.8, 4) is 0 Å². The highest BCUT2D eigenvalue weighted by molar-refractivity contribution is 5.96. The van der Waals surface area contributed by atoms with Crippen LogP contribution in [-0.4, -0.2) is 71.3 Å². The number of hydrogen-bond acceptors (Lipinski definition) is 9. The van der Waals surface area contributed by atoms with Crippen LogP contribution in [0.2, 0.25) is 0 Å². The zero-order chi connectivity index (χ0) is 42.9. The molecule has 0 amide bonds. The lowest BCUT2D eigenvalue weighted by Gasteiger charge is -2.23. The summed E-state index contributed by atoms with van der Waals surface area (Å²) >= 11 is 0. The predicted octanol–water partition coefficient (Wildman–Crippen LogP) is 10.2. The van der Waals surface area contributed by atoms with Gasteiger partial charge in [-0.05, 0) is 129 Å². The van der Waals surface area contributed by atoms with Crippen LogP contribution in [0.3, 0.4) is 0 Å². The molecule has 0 radical (unpaired) electrons. The number of aryl methyl sites for hydroxylation is 4. The lowest BCUT2D eigenvalue weighted by molar-refractivity contribution is -0.152. The van der Waals surface area contributed by atoms with Gasteiger partial charge in [0.1, 0.15) is 24.4 Å². The van der Waals surface area contributed by atoms with Crippen LogP contribution in [0.5, 0.6) is 0 Å². The summed E-state index contributed by atoms with van der Waals surface area (Å²) in [6.45, 7) is 17.9. The molecule has 8 rings (SSSR count). The molecule has 10 atom stereocenters. The smallest absolute Gasteiger partial charge is 0.339 e. The second-order valence-corrected chi connectivity index (χ2v) is 18.8. The van der Waals surface area contributed by atoms with E-state index in [1.54, 1.807) is 6.08 Å². The molecule has 2 aromatic rings. The SMILES string of the molecule is Cc1cc(C)c2c(c1)/C=C/C[C@@H]1OC(C)(C)O[C@@H]1C(C)/C=C\[C@@H]1CCC[C@@H]1OC2=O.Cc1cc(C)c2c(c1)/C=C/C[C@@H]1OC(C)(C)O[C@@H]1C(O)/C=C\[C@@H]1CCC[C@@H]1OC2=O. The molecule has 0 bridgehead atoms. The highest BCUT2D eigenvalue weighted by Gasteiger charge is 2.45. The molecular weight excluding hydrogens is 757 g/mol. The van der Waals surface area contributed by atoms with Gasteiger partial charge in [0, 0.05) is 17.8 Å². The maximum Gasteiger partial charge on any atom is 0.339 e. The van der Waals surface area contributed by atoms with E-state index in [2.05, 4.69) is 44.2 Å². The molecule has 1 N–H and O–H groups in total. The fourth-order valence-electron chi connectivity index (χ4n) is 10.1. The number of esters is 2. The summed E-state index contributed by atoms with van der Waals surface area (Å²) in [5.74, 6) is -1.22. The molecule has 0 aromatic heterocycles. The molecule has 0 spiro atoms. The van der Waals surface area contributed by atoms with Crippen molar-refractivity contribution in [3.63, 3.8) is 0 Å². The first kappa shape index (κ1) is 44.2. The molecule has 2 saturated heterocycles. The number of benzene rings is 2. The minimum atomic E-state index is -0.776. The number of aliphatic hydroxyl groups is 1. The van der Waals surface area contributed by atoms with E-state index in [-0.39, 0.29) is 60.2 Å². The average molecular weight is 823 g/mol. The molecule has 2 unspecified atom stereocenters. The van der Waals surface area contributed by atoms with Crippen molar-refractivity contribution in [2.75, 3.05) is 0 Å². The Bertz CT molecular complexity index is 1880. The first-order valence-electron chi connectivity index (χ1n) is 22.2. The van der Waals surface area contributed by atoms with E-state index in [0.717, 1.165) is 78.3 Å². The van der Waals surface area contributed by atoms with Gasteiger partial charge in [0.15, 0.2) is 11.6 Å². The van der Waals surface area contributed by atoms with Crippen LogP contribution < -0.4 is 0 Å². The normalized spacial score (nSPS) is 35.5. The van der Waals surface area contributed by atoms with Crippen LogP contribution in [0.25, 0.3) is 12.2 Å². The summed E-state index contributed by atoms with van der Waals surface area (Å²) in [5.41, 5.74) is 7.20. The largest absolute Gasteiger partial charge is 0.458 e. The zero-order valence-corrected chi connectivity index (χ0v) is 37.1. The van der Waals surface area contributed by atoms with Crippen LogP contribution in [0, 0.1) is 45.4 Å². The summed E-state index contributed by atoms with van der Waals surface area (Å²) in [7, 11) is 0. The van der Waals surface area contributed by atoms with Gasteiger partial charge in [0.2, 0.25) is 0 Å². The maximum absolute atomic E-state index is 13.2. The van der Waals surface area contributed by atoms with E-state index in [4.69, 9.17) is 28.4 Å². The summed E-state index contributed by atoms with van der Waals surface area (Å²) in [5, 5.41) is 10.8. The lowest BCUT2D eigenvalue weighted by Crippen LogP contribution is -2.34. The Hall–Kier alpha value is -3.86. The van der Waals surface area contributed by atoms with Gasteiger partial charge in [-0.25, -0.2) is 9.59 Å². The summed E-state index contributed by atoms with van der Waals surface area (Å²) in [6.07, 6.45) is 21.8. The summed E-state index contributed by atoms with van der Waals surface area (Å²) < 4.78 is 36.6. The number of rotatable bonds is 0. The fourth-order valence-corrected chi connectivity index (χ4v) is 10.1.